The van der Waals surface area contributed by atoms with Crippen molar-refractivity contribution in [2.75, 3.05) is 25.4 Å². The quantitative estimate of drug-likeness (QED) is 0.0273. The summed E-state index contributed by atoms with van der Waals surface area (Å²) in [5, 5.41) is 28.2. The molecule has 0 radical (unpaired) electrons. The molecule has 9 atom stereocenters. The molecular formula is C48H75N15O12S2. The zero-order valence-electron chi connectivity index (χ0n) is 43.3. The minimum Gasteiger partial charge on any atom is -0.508 e. The van der Waals surface area contributed by atoms with E-state index in [1.165, 1.54) is 27.8 Å². The van der Waals surface area contributed by atoms with E-state index in [-0.39, 0.29) is 56.2 Å². The van der Waals surface area contributed by atoms with Crippen molar-refractivity contribution in [3.05, 3.63) is 29.8 Å². The van der Waals surface area contributed by atoms with Gasteiger partial charge in [0, 0.05) is 31.7 Å². The van der Waals surface area contributed by atoms with Gasteiger partial charge in [-0.05, 0) is 68.6 Å². The normalized spacial score (nSPS) is 24.5. The van der Waals surface area contributed by atoms with Gasteiger partial charge >= 0.3 is 0 Å². The predicted octanol–water partition coefficient (Wildman–Crippen LogP) is -3.90. The van der Waals surface area contributed by atoms with Crippen molar-refractivity contribution in [2.24, 2.45) is 45.3 Å². The van der Waals surface area contributed by atoms with E-state index in [9.17, 15) is 57.8 Å². The number of aromatic hydroxyl groups is 1. The number of rotatable bonds is 19. The summed E-state index contributed by atoms with van der Waals surface area (Å²) < 4.78 is -1.01. The average molecular weight is 1120 g/mol. The number of nitrogens with two attached hydrogens (primary N) is 6. The molecule has 1 spiro atoms. The minimum atomic E-state index is -1.78. The van der Waals surface area contributed by atoms with E-state index < -0.39 is 150 Å². The summed E-state index contributed by atoms with van der Waals surface area (Å²) in [6.45, 7) is 2.99. The molecule has 27 nitrogen and oxygen atoms in total. The van der Waals surface area contributed by atoms with E-state index in [0.717, 1.165) is 17.2 Å². The van der Waals surface area contributed by atoms with Crippen LogP contribution < -0.4 is 71.6 Å². The third-order valence-electron chi connectivity index (χ3n) is 13.6. The fraction of sp³-hybridized carbons (Fsp3) is 0.625. The summed E-state index contributed by atoms with van der Waals surface area (Å²) in [4.78, 5) is 155. The Balaban J connectivity index is 1.79. The molecule has 0 bridgehead atoms. The number of hydrogen-bond donors (Lipinski definition) is 14. The molecule has 1 saturated carbocycles. The summed E-state index contributed by atoms with van der Waals surface area (Å²) in [5.41, 5.74) is 34.6. The van der Waals surface area contributed by atoms with Crippen molar-refractivity contribution in [1.29, 1.82) is 0 Å². The van der Waals surface area contributed by atoms with Gasteiger partial charge in [-0.15, -0.1) is 0 Å². The van der Waals surface area contributed by atoms with Gasteiger partial charge in [0.15, 0.2) is 5.96 Å². The van der Waals surface area contributed by atoms with Crippen LogP contribution in [0.3, 0.4) is 0 Å². The molecule has 1 unspecified atom stereocenters. The van der Waals surface area contributed by atoms with Crippen molar-refractivity contribution in [3.8, 4) is 5.75 Å². The average Bonchev–Trinajstić information content (AvgIpc) is 3.88. The molecule has 426 valence electrons. The van der Waals surface area contributed by atoms with Gasteiger partial charge in [0.05, 0.1) is 23.8 Å². The molecule has 20 N–H and O–H groups in total. The molecule has 2 saturated heterocycles. The van der Waals surface area contributed by atoms with Gasteiger partial charge in [-0.3, -0.25) is 57.7 Å². The van der Waals surface area contributed by atoms with Gasteiger partial charge in [-0.1, -0.05) is 73.3 Å². The lowest BCUT2D eigenvalue weighted by molar-refractivity contribution is -0.142. The van der Waals surface area contributed by atoms with Crippen molar-refractivity contribution in [2.45, 2.75) is 157 Å². The van der Waals surface area contributed by atoms with Crippen LogP contribution in [0.5, 0.6) is 5.75 Å². The van der Waals surface area contributed by atoms with Crippen LogP contribution in [0.25, 0.3) is 0 Å². The smallest absolute Gasteiger partial charge is 0.246 e. The Bertz CT molecular complexity index is 2340. The molecule has 1 aliphatic carbocycles. The Morgan fingerprint density at radius 1 is 0.805 bits per heavy atom. The first-order chi connectivity index (χ1) is 36.4. The summed E-state index contributed by atoms with van der Waals surface area (Å²) in [6.07, 6.45) is 2.20. The molecule has 1 aromatic rings. The Morgan fingerprint density at radius 3 is 2.06 bits per heavy atom. The van der Waals surface area contributed by atoms with Gasteiger partial charge in [0.2, 0.25) is 65.0 Å². The molecule has 2 heterocycles. The zero-order chi connectivity index (χ0) is 57.0. The summed E-state index contributed by atoms with van der Waals surface area (Å²) >= 11 is 0. The Hall–Kier alpha value is -6.88. The van der Waals surface area contributed by atoms with Crippen molar-refractivity contribution < 1.29 is 57.8 Å². The van der Waals surface area contributed by atoms with Crippen molar-refractivity contribution >= 4 is 92.5 Å². The number of nitrogens with one attached hydrogen (secondary N) is 7. The maximum absolute atomic E-state index is 14.9. The lowest BCUT2D eigenvalue weighted by atomic mass is 9.82. The van der Waals surface area contributed by atoms with Gasteiger partial charge in [-0.2, -0.15) is 0 Å². The van der Waals surface area contributed by atoms with Gasteiger partial charge in [-0.25, -0.2) is 0 Å². The van der Waals surface area contributed by atoms with E-state index in [0.29, 0.717) is 44.1 Å². The van der Waals surface area contributed by atoms with Gasteiger partial charge in [0.25, 0.3) is 0 Å². The number of phenolic OH excluding ortho intramolecular Hbond substituents is 1. The summed E-state index contributed by atoms with van der Waals surface area (Å²) in [5.74, 6) is -10.6. The Kier molecular flexibility index (Phi) is 24.5. The number of primary amides is 3. The summed E-state index contributed by atoms with van der Waals surface area (Å²) in [6, 6.07) is -5.33. The number of benzene rings is 1. The largest absolute Gasteiger partial charge is 0.508 e. The maximum atomic E-state index is 14.9. The molecule has 29 heteroatoms. The number of guanidine groups is 1. The lowest BCUT2D eigenvalue weighted by Gasteiger charge is -2.40. The van der Waals surface area contributed by atoms with Crippen LogP contribution in [0.2, 0.25) is 0 Å². The van der Waals surface area contributed by atoms with Gasteiger partial charge < -0.3 is 81.6 Å². The first kappa shape index (κ1) is 62.7. The standard InChI is InChI=1S/C48H75N15O12S2/c1-3-25(2)37-44(73)58-29(15-16-34(49)65)40(69)59-31(22-35(50)66)41(70)61-32(46(75)63-20-8-10-33(63)43(72)57-28(9-7-19-55-47(53)54)39(68)56-23-36(51)67)24-76-77-48(17-5-4-6-18-48)38(52)45(74)60-30(42(71)62-37)21-26-11-13-27(64)14-12-26/h11-14,25,28-33,37-38,64H,3-10,15-24,52H2,1-2H3,(H2,49,65)(H2,50,66)(H2,51,67)(H,56,68)(H,57,72)(H,58,73)(H,59,69)(H,60,74)(H,61,70)(H,62,71)(H4,53,54,55)/t25-,28-,29?,30-,31-,32-,33-,37-,38+/m0/s1. The van der Waals surface area contributed by atoms with Crippen molar-refractivity contribution in [3.63, 3.8) is 0 Å². The molecule has 3 aliphatic rings. The Morgan fingerprint density at radius 2 is 1.44 bits per heavy atom. The third-order valence-corrected chi connectivity index (χ3v) is 17.0. The highest BCUT2D eigenvalue weighted by Crippen LogP contribution is 2.48. The van der Waals surface area contributed by atoms with Crippen LogP contribution in [0.15, 0.2) is 29.3 Å². The molecule has 77 heavy (non-hydrogen) atoms. The lowest BCUT2D eigenvalue weighted by Crippen LogP contribution is -2.62. The molecular weight excluding hydrogens is 1040 g/mol. The predicted molar refractivity (Wildman–Crippen MR) is 286 cm³/mol. The number of carbonyl (C=O) groups excluding carboxylic acids is 11. The van der Waals surface area contributed by atoms with Crippen LogP contribution in [0, 0.1) is 5.92 Å². The number of phenols is 1. The molecule has 4 rings (SSSR count). The Labute approximate surface area is 454 Å². The van der Waals surface area contributed by atoms with E-state index in [1.54, 1.807) is 26.0 Å². The second kappa shape index (κ2) is 30.2. The topological polar surface area (TPSA) is 464 Å². The fourth-order valence-corrected chi connectivity index (χ4v) is 12.6. The zero-order valence-corrected chi connectivity index (χ0v) is 45.0. The summed E-state index contributed by atoms with van der Waals surface area (Å²) in [7, 11) is 2.30. The first-order valence-corrected chi connectivity index (χ1v) is 27.9. The fourth-order valence-electron chi connectivity index (χ4n) is 9.14. The second-order valence-corrected chi connectivity index (χ2v) is 22.3. The maximum Gasteiger partial charge on any atom is 0.246 e. The minimum absolute atomic E-state index is 0.00693. The van der Waals surface area contributed by atoms with E-state index in [1.807, 2.05) is 0 Å². The highest BCUT2D eigenvalue weighted by atomic mass is 33.1. The van der Waals surface area contributed by atoms with Crippen LogP contribution in [0.1, 0.15) is 103 Å². The molecule has 1 aromatic carbocycles. The number of aliphatic imine (C=N–C) groups is 1. The number of carbonyl (C=O) groups is 11. The number of hydrogen-bond acceptors (Lipinski definition) is 16. The van der Waals surface area contributed by atoms with Crippen molar-refractivity contribution in [1.82, 2.24) is 42.1 Å². The highest BCUT2D eigenvalue weighted by molar-refractivity contribution is 8.77. The molecule has 2 aliphatic heterocycles. The molecule has 3 fully saturated rings. The first-order valence-electron chi connectivity index (χ1n) is 25.6. The van der Waals surface area contributed by atoms with E-state index in [2.05, 4.69) is 42.2 Å². The second-order valence-electron chi connectivity index (χ2n) is 19.5. The van der Waals surface area contributed by atoms with Crippen LogP contribution in [-0.4, -0.2) is 159 Å². The van der Waals surface area contributed by atoms with E-state index >= 15 is 0 Å². The van der Waals surface area contributed by atoms with Crippen LogP contribution in [0.4, 0.5) is 0 Å². The third kappa shape index (κ3) is 19.3. The number of likely N-dealkylation sites (tertiary alicyclic amines) is 1. The SMILES string of the molecule is CC[C@H](C)[C@@H]1NC(=O)[C@H](Cc2ccc(O)cc2)NC(=O)[C@@H](N)C2(CCCCC2)SSC[C@@H](C(=O)N2CCC[C@H]2C(=O)N[C@@H](CCCN=C(N)N)C(=O)NCC(N)=O)NC(=O)[C@H](CC(N)=O)NC(=O)C(CCC(N)=O)NC1=O. The number of amides is 11. The van der Waals surface area contributed by atoms with Crippen LogP contribution >= 0.6 is 21.6 Å². The van der Waals surface area contributed by atoms with Gasteiger partial charge in [0.1, 0.15) is 48.0 Å². The highest BCUT2D eigenvalue weighted by Gasteiger charge is 2.46. The molecule has 0 aromatic heterocycles. The van der Waals surface area contributed by atoms with Crippen LogP contribution in [-0.2, 0) is 59.2 Å². The van der Waals surface area contributed by atoms with E-state index in [4.69, 9.17) is 34.4 Å². The number of nitrogens with zero attached hydrogens (tertiary/aromatic N) is 2. The monoisotopic (exact) mass is 1120 g/mol. The molecule has 11 amide bonds.